The summed E-state index contributed by atoms with van der Waals surface area (Å²) in [5.41, 5.74) is -0.471. The van der Waals surface area contributed by atoms with Crippen LogP contribution in [0, 0.1) is 11.3 Å². The predicted octanol–water partition coefficient (Wildman–Crippen LogP) is 2.23. The highest BCUT2D eigenvalue weighted by Gasteiger charge is 2.50. The number of hydrogen-bond donors (Lipinski definition) is 2. The Morgan fingerprint density at radius 2 is 1.76 bits per heavy atom. The van der Waals surface area contributed by atoms with Crippen molar-refractivity contribution in [2.75, 3.05) is 6.54 Å². The molecule has 2 aliphatic carbocycles. The lowest BCUT2D eigenvalue weighted by Crippen LogP contribution is -2.43. The number of rotatable bonds is 3. The lowest BCUT2D eigenvalue weighted by atomic mass is 9.94. The van der Waals surface area contributed by atoms with Crippen LogP contribution in [0.25, 0.3) is 0 Å². The van der Waals surface area contributed by atoms with E-state index in [-0.39, 0.29) is 17.2 Å². The van der Waals surface area contributed by atoms with Gasteiger partial charge in [0.25, 0.3) is 0 Å². The maximum Gasteiger partial charge on any atom is 0.223 e. The van der Waals surface area contributed by atoms with Gasteiger partial charge >= 0.3 is 0 Å². The first-order valence-corrected chi connectivity index (χ1v) is 6.93. The van der Waals surface area contributed by atoms with Crippen LogP contribution in [0.5, 0.6) is 0 Å². The summed E-state index contributed by atoms with van der Waals surface area (Å²) in [4.78, 5) is 11.9. The number of carbonyl (C=O) groups excluding carboxylic acids is 1. The average Bonchev–Trinajstić information content (AvgIpc) is 2.95. The Morgan fingerprint density at radius 1 is 1.24 bits per heavy atom. The van der Waals surface area contributed by atoms with Gasteiger partial charge in [-0.2, -0.15) is 0 Å². The molecule has 0 aromatic heterocycles. The van der Waals surface area contributed by atoms with Crippen LogP contribution in [0.15, 0.2) is 0 Å². The Hall–Kier alpha value is -0.570. The molecule has 1 atom stereocenters. The Balaban J connectivity index is 1.78. The van der Waals surface area contributed by atoms with E-state index in [0.29, 0.717) is 6.54 Å². The molecule has 2 aliphatic rings. The number of amides is 1. The molecule has 3 nitrogen and oxygen atoms in total. The minimum atomic E-state index is -0.648. The van der Waals surface area contributed by atoms with Gasteiger partial charge in [0.05, 0.1) is 5.60 Å². The maximum absolute atomic E-state index is 11.9. The van der Waals surface area contributed by atoms with E-state index >= 15 is 0 Å². The van der Waals surface area contributed by atoms with E-state index in [1.54, 1.807) is 0 Å². The van der Waals surface area contributed by atoms with Crippen molar-refractivity contribution in [2.24, 2.45) is 11.3 Å². The van der Waals surface area contributed by atoms with E-state index in [2.05, 4.69) is 19.2 Å². The molecule has 2 saturated carbocycles. The maximum atomic E-state index is 11.9. The highest BCUT2D eigenvalue weighted by Crippen LogP contribution is 2.51. The fourth-order valence-electron chi connectivity index (χ4n) is 2.85. The molecule has 0 saturated heterocycles. The van der Waals surface area contributed by atoms with E-state index in [1.165, 1.54) is 12.8 Å². The van der Waals surface area contributed by atoms with Crippen molar-refractivity contribution in [3.8, 4) is 0 Å². The van der Waals surface area contributed by atoms with Crippen LogP contribution in [0.2, 0.25) is 0 Å². The second-order valence-electron chi connectivity index (χ2n) is 6.60. The fourth-order valence-corrected chi connectivity index (χ4v) is 2.85. The third-order valence-corrected chi connectivity index (χ3v) is 4.46. The summed E-state index contributed by atoms with van der Waals surface area (Å²) < 4.78 is 0. The smallest absolute Gasteiger partial charge is 0.223 e. The van der Waals surface area contributed by atoms with Gasteiger partial charge in [-0.3, -0.25) is 4.79 Å². The zero-order chi connectivity index (χ0) is 12.5. The monoisotopic (exact) mass is 239 g/mol. The molecular formula is C14H25NO2. The van der Waals surface area contributed by atoms with Crippen molar-refractivity contribution in [1.82, 2.24) is 5.32 Å². The summed E-state index contributed by atoms with van der Waals surface area (Å²) in [7, 11) is 0. The molecular weight excluding hydrogens is 214 g/mol. The van der Waals surface area contributed by atoms with Crippen molar-refractivity contribution in [2.45, 2.75) is 64.4 Å². The molecule has 0 radical (unpaired) electrons. The number of aliphatic hydroxyl groups is 1. The van der Waals surface area contributed by atoms with E-state index in [9.17, 15) is 9.90 Å². The second kappa shape index (κ2) is 4.60. The van der Waals surface area contributed by atoms with Crippen LogP contribution in [0.3, 0.4) is 0 Å². The third-order valence-electron chi connectivity index (χ3n) is 4.46. The van der Waals surface area contributed by atoms with Gasteiger partial charge in [-0.15, -0.1) is 0 Å². The minimum Gasteiger partial charge on any atom is -0.388 e. The summed E-state index contributed by atoms with van der Waals surface area (Å²) in [5, 5.41) is 13.4. The highest BCUT2D eigenvalue weighted by molar-refractivity contribution is 5.82. The van der Waals surface area contributed by atoms with Gasteiger partial charge in [-0.1, -0.05) is 39.5 Å². The molecule has 2 N–H and O–H groups in total. The molecule has 2 rings (SSSR count). The Bertz CT molecular complexity index is 291. The van der Waals surface area contributed by atoms with Crippen LogP contribution in [-0.2, 0) is 4.79 Å². The molecule has 0 spiro atoms. The molecule has 98 valence electrons. The predicted molar refractivity (Wildman–Crippen MR) is 67.5 cm³/mol. The minimum absolute atomic E-state index is 0.132. The van der Waals surface area contributed by atoms with E-state index in [1.807, 2.05) is 0 Å². The Kier molecular flexibility index (Phi) is 3.48. The van der Waals surface area contributed by atoms with Crippen LogP contribution >= 0.6 is 0 Å². The van der Waals surface area contributed by atoms with Crippen LogP contribution in [0.4, 0.5) is 0 Å². The van der Waals surface area contributed by atoms with E-state index in [4.69, 9.17) is 0 Å². The largest absolute Gasteiger partial charge is 0.388 e. The molecule has 3 heteroatoms. The van der Waals surface area contributed by atoms with Gasteiger partial charge in [-0.05, 0) is 24.7 Å². The quantitative estimate of drug-likeness (QED) is 0.742. The molecule has 2 fully saturated rings. The second-order valence-corrected chi connectivity index (χ2v) is 6.60. The summed E-state index contributed by atoms with van der Waals surface area (Å²) in [6.45, 7) is 4.69. The first kappa shape index (κ1) is 12.9. The molecule has 0 aliphatic heterocycles. The molecule has 0 unspecified atom stereocenters. The number of carbonyl (C=O) groups is 1. The van der Waals surface area contributed by atoms with Crippen LogP contribution in [-0.4, -0.2) is 23.2 Å². The van der Waals surface area contributed by atoms with Gasteiger partial charge in [0.15, 0.2) is 0 Å². The first-order chi connectivity index (χ1) is 7.93. The van der Waals surface area contributed by atoms with E-state index < -0.39 is 5.60 Å². The van der Waals surface area contributed by atoms with Gasteiger partial charge in [-0.25, -0.2) is 0 Å². The molecule has 0 aromatic rings. The lowest BCUT2D eigenvalue weighted by Gasteiger charge is -2.27. The Morgan fingerprint density at radius 3 is 2.24 bits per heavy atom. The van der Waals surface area contributed by atoms with Gasteiger partial charge < -0.3 is 10.4 Å². The van der Waals surface area contributed by atoms with Crippen LogP contribution in [0.1, 0.15) is 58.8 Å². The fraction of sp³-hybridized carbons (Fsp3) is 0.929. The van der Waals surface area contributed by atoms with Crippen molar-refractivity contribution in [3.05, 3.63) is 0 Å². The molecule has 0 bridgehead atoms. The number of nitrogens with one attached hydrogen (secondary N) is 1. The number of hydrogen-bond acceptors (Lipinski definition) is 2. The normalized spacial score (nSPS) is 30.4. The third kappa shape index (κ3) is 3.21. The zero-order valence-electron chi connectivity index (χ0n) is 11.1. The van der Waals surface area contributed by atoms with Crippen molar-refractivity contribution >= 4 is 5.91 Å². The zero-order valence-corrected chi connectivity index (χ0v) is 11.1. The SMILES string of the molecule is CC1(C)C[C@@H]1C(=O)NCC1(O)CCCCCC1. The van der Waals surface area contributed by atoms with Gasteiger partial charge in [0.1, 0.15) is 0 Å². The standard InChI is InChI=1S/C14H25NO2/c1-13(2)9-11(13)12(16)15-10-14(17)7-5-3-4-6-8-14/h11,17H,3-10H2,1-2H3,(H,15,16)/t11-/m1/s1. The Labute approximate surface area is 104 Å². The summed E-state index contributed by atoms with van der Waals surface area (Å²) in [6, 6.07) is 0. The topological polar surface area (TPSA) is 49.3 Å². The highest BCUT2D eigenvalue weighted by atomic mass is 16.3. The summed E-state index contributed by atoms with van der Waals surface area (Å²) in [5.74, 6) is 0.296. The molecule has 0 aromatic carbocycles. The van der Waals surface area contributed by atoms with Crippen LogP contribution < -0.4 is 5.32 Å². The summed E-state index contributed by atoms with van der Waals surface area (Å²) in [6.07, 6.45) is 7.25. The molecule has 0 heterocycles. The van der Waals surface area contributed by atoms with Crippen molar-refractivity contribution in [3.63, 3.8) is 0 Å². The molecule has 17 heavy (non-hydrogen) atoms. The first-order valence-electron chi connectivity index (χ1n) is 6.93. The van der Waals surface area contributed by atoms with Gasteiger partial charge in [0.2, 0.25) is 5.91 Å². The van der Waals surface area contributed by atoms with E-state index in [0.717, 1.165) is 32.1 Å². The molecule has 1 amide bonds. The van der Waals surface area contributed by atoms with Gasteiger partial charge in [0, 0.05) is 12.5 Å². The van der Waals surface area contributed by atoms with Crippen molar-refractivity contribution in [1.29, 1.82) is 0 Å². The lowest BCUT2D eigenvalue weighted by molar-refractivity contribution is -0.124. The average molecular weight is 239 g/mol. The van der Waals surface area contributed by atoms with Crippen molar-refractivity contribution < 1.29 is 9.90 Å². The summed E-state index contributed by atoms with van der Waals surface area (Å²) >= 11 is 0.